The Hall–Kier alpha value is -1.63. The zero-order chi connectivity index (χ0) is 16.5. The molecule has 1 radical (unpaired) electrons. The molecule has 0 saturated heterocycles. The lowest BCUT2D eigenvalue weighted by Gasteiger charge is -1.96. The van der Waals surface area contributed by atoms with Crippen LogP contribution >= 0.6 is 0 Å². The monoisotopic (exact) mass is 306 g/mol. The van der Waals surface area contributed by atoms with Crippen molar-refractivity contribution in [2.24, 2.45) is 0 Å². The van der Waals surface area contributed by atoms with Crippen molar-refractivity contribution in [3.63, 3.8) is 0 Å². The molecular formula is C18H28NO3. The Balaban J connectivity index is 3.85. The zero-order valence-corrected chi connectivity index (χ0v) is 13.7. The summed E-state index contributed by atoms with van der Waals surface area (Å²) >= 11 is 0. The van der Waals surface area contributed by atoms with Gasteiger partial charge in [0, 0.05) is 12.8 Å². The largest absolute Gasteiger partial charge is 0.291 e. The highest BCUT2D eigenvalue weighted by Gasteiger charge is 2.07. The molecule has 0 saturated carbocycles. The summed E-state index contributed by atoms with van der Waals surface area (Å²) in [5.41, 5.74) is 0.172. The van der Waals surface area contributed by atoms with Gasteiger partial charge in [0.1, 0.15) is 0 Å². The smallest absolute Gasteiger partial charge is 0.254 e. The van der Waals surface area contributed by atoms with Crippen LogP contribution in [0.4, 0.5) is 0 Å². The van der Waals surface area contributed by atoms with E-state index in [4.69, 9.17) is 0 Å². The number of carbonyl (C=O) groups excluding carboxylic acids is 1. The van der Waals surface area contributed by atoms with E-state index in [0.717, 1.165) is 25.7 Å². The van der Waals surface area contributed by atoms with Crippen molar-refractivity contribution in [2.45, 2.75) is 84.0 Å². The van der Waals surface area contributed by atoms with Crippen molar-refractivity contribution in [1.82, 2.24) is 0 Å². The van der Waals surface area contributed by atoms with Gasteiger partial charge in [-0.1, -0.05) is 44.9 Å². The molecule has 0 aliphatic rings. The van der Waals surface area contributed by atoms with Gasteiger partial charge in [0.25, 0.3) is 5.70 Å². The first kappa shape index (κ1) is 20.4. The molecule has 4 heteroatoms. The molecule has 0 spiro atoms. The number of hydrogen-bond donors (Lipinski definition) is 0. The van der Waals surface area contributed by atoms with Gasteiger partial charge in [-0.3, -0.25) is 14.9 Å². The van der Waals surface area contributed by atoms with Crippen LogP contribution in [0.1, 0.15) is 84.0 Å². The Morgan fingerprint density at radius 1 is 1.00 bits per heavy atom. The summed E-state index contributed by atoms with van der Waals surface area (Å²) in [4.78, 5) is 20.6. The summed E-state index contributed by atoms with van der Waals surface area (Å²) in [5.74, 6) is 5.92. The lowest BCUT2D eigenvalue weighted by molar-refractivity contribution is -0.426. The molecular weight excluding hydrogens is 278 g/mol. The molecule has 123 valence electrons. The molecule has 0 amide bonds. The molecule has 0 fully saturated rings. The van der Waals surface area contributed by atoms with Crippen LogP contribution in [-0.2, 0) is 4.79 Å². The van der Waals surface area contributed by atoms with E-state index >= 15 is 0 Å². The highest BCUT2D eigenvalue weighted by molar-refractivity contribution is 5.50. The third kappa shape index (κ3) is 13.4. The predicted molar refractivity (Wildman–Crippen MR) is 89.6 cm³/mol. The van der Waals surface area contributed by atoms with Gasteiger partial charge in [-0.2, -0.15) is 0 Å². The van der Waals surface area contributed by atoms with Gasteiger partial charge >= 0.3 is 0 Å². The maximum atomic E-state index is 10.9. The van der Waals surface area contributed by atoms with Gasteiger partial charge in [-0.25, -0.2) is 0 Å². The fraction of sp³-hybridized carbons (Fsp3) is 0.722. The van der Waals surface area contributed by atoms with Gasteiger partial charge in [0.2, 0.25) is 0 Å². The van der Waals surface area contributed by atoms with Crippen molar-refractivity contribution in [3.8, 4) is 11.8 Å². The fourth-order valence-corrected chi connectivity index (χ4v) is 2.06. The van der Waals surface area contributed by atoms with Crippen molar-refractivity contribution < 1.29 is 9.72 Å². The second-order valence-corrected chi connectivity index (χ2v) is 5.39. The van der Waals surface area contributed by atoms with Crippen molar-refractivity contribution in [2.75, 3.05) is 0 Å². The highest BCUT2D eigenvalue weighted by atomic mass is 16.6. The van der Waals surface area contributed by atoms with Crippen molar-refractivity contribution >= 4 is 6.29 Å². The Morgan fingerprint density at radius 3 is 2.36 bits per heavy atom. The van der Waals surface area contributed by atoms with Crippen LogP contribution in [0.15, 0.2) is 11.8 Å². The first-order chi connectivity index (χ1) is 10.7. The topological polar surface area (TPSA) is 60.2 Å². The maximum absolute atomic E-state index is 10.9. The number of nitrogens with zero attached hydrogens (tertiary/aromatic N) is 1. The van der Waals surface area contributed by atoms with Crippen LogP contribution in [0, 0.1) is 22.0 Å². The van der Waals surface area contributed by atoms with E-state index in [9.17, 15) is 14.9 Å². The average molecular weight is 306 g/mol. The minimum atomic E-state index is -0.356. The molecule has 0 aromatic carbocycles. The number of hydrogen-bond acceptors (Lipinski definition) is 3. The summed E-state index contributed by atoms with van der Waals surface area (Å²) in [7, 11) is 0. The summed E-state index contributed by atoms with van der Waals surface area (Å²) in [6.07, 6.45) is 14.4. The third-order valence-electron chi connectivity index (χ3n) is 3.40. The van der Waals surface area contributed by atoms with Gasteiger partial charge in [-0.05, 0) is 31.8 Å². The first-order valence-corrected chi connectivity index (χ1v) is 8.36. The number of nitro groups is 1. The van der Waals surface area contributed by atoms with Crippen LogP contribution in [-0.4, -0.2) is 11.2 Å². The van der Waals surface area contributed by atoms with Gasteiger partial charge < -0.3 is 0 Å². The number of allylic oxidation sites excluding steroid dienone is 2. The second kappa shape index (κ2) is 15.8. The molecule has 0 aromatic rings. The summed E-state index contributed by atoms with van der Waals surface area (Å²) < 4.78 is 0. The summed E-state index contributed by atoms with van der Waals surface area (Å²) in [5, 5.41) is 10.9. The zero-order valence-electron chi connectivity index (χ0n) is 13.7. The molecule has 0 bridgehead atoms. The average Bonchev–Trinajstić information content (AvgIpc) is 2.50. The number of unbranched alkanes of at least 4 members (excludes halogenated alkanes) is 9. The van der Waals surface area contributed by atoms with Crippen molar-refractivity contribution in [1.29, 1.82) is 0 Å². The van der Waals surface area contributed by atoms with Gasteiger partial charge in [0.05, 0.1) is 11.3 Å². The van der Waals surface area contributed by atoms with Crippen LogP contribution in [0.3, 0.4) is 0 Å². The van der Waals surface area contributed by atoms with E-state index in [1.54, 1.807) is 6.08 Å². The van der Waals surface area contributed by atoms with E-state index in [-0.39, 0.29) is 17.0 Å². The molecule has 22 heavy (non-hydrogen) atoms. The van der Waals surface area contributed by atoms with Crippen LogP contribution < -0.4 is 0 Å². The van der Waals surface area contributed by atoms with Gasteiger partial charge in [0.15, 0.2) is 6.29 Å². The normalized spacial score (nSPS) is 10.9. The summed E-state index contributed by atoms with van der Waals surface area (Å²) in [6, 6.07) is 0. The summed E-state index contributed by atoms with van der Waals surface area (Å²) in [6.45, 7) is 2.20. The quantitative estimate of drug-likeness (QED) is 0.209. The van der Waals surface area contributed by atoms with E-state index in [2.05, 4.69) is 18.8 Å². The molecule has 0 heterocycles. The maximum Gasteiger partial charge on any atom is 0.254 e. The lowest BCUT2D eigenvalue weighted by atomic mass is 10.1. The van der Waals surface area contributed by atoms with E-state index in [1.165, 1.54) is 32.1 Å². The number of rotatable bonds is 13. The predicted octanol–water partition coefficient (Wildman–Crippen LogP) is 4.96. The molecule has 0 aliphatic heterocycles. The molecule has 0 aliphatic carbocycles. The second-order valence-electron chi connectivity index (χ2n) is 5.39. The van der Waals surface area contributed by atoms with Crippen LogP contribution in [0.2, 0.25) is 0 Å². The molecule has 0 unspecified atom stereocenters. The highest BCUT2D eigenvalue weighted by Crippen LogP contribution is 2.08. The molecule has 0 N–H and O–H groups in total. The Morgan fingerprint density at radius 2 is 1.68 bits per heavy atom. The molecule has 0 aromatic heterocycles. The third-order valence-corrected chi connectivity index (χ3v) is 3.40. The van der Waals surface area contributed by atoms with Crippen LogP contribution in [0.25, 0.3) is 0 Å². The van der Waals surface area contributed by atoms with E-state index in [0.29, 0.717) is 12.8 Å². The SMILES string of the molecule is CCCCCCCCC#CCC(=CCCCC[C]=O)[N+](=O)[O-]. The van der Waals surface area contributed by atoms with E-state index < -0.39 is 0 Å². The Bertz CT molecular complexity index is 391. The minimum Gasteiger partial charge on any atom is -0.291 e. The molecule has 0 rings (SSSR count). The minimum absolute atomic E-state index is 0.172. The standard InChI is InChI=1S/C18H28NO3/c1-2-3-4-5-6-7-8-9-12-15-18(19(21)22)16-13-10-11-14-17-20/h16H,2-8,10-11,13-15H2,1H3. The van der Waals surface area contributed by atoms with Crippen LogP contribution in [0.5, 0.6) is 0 Å². The lowest BCUT2D eigenvalue weighted by Crippen LogP contribution is -1.97. The Labute approximate surface area is 134 Å². The van der Waals surface area contributed by atoms with Gasteiger partial charge in [-0.15, -0.1) is 5.92 Å². The fourth-order valence-electron chi connectivity index (χ4n) is 2.06. The molecule has 4 nitrogen and oxygen atoms in total. The van der Waals surface area contributed by atoms with Crippen molar-refractivity contribution in [3.05, 3.63) is 21.9 Å². The first-order valence-electron chi connectivity index (χ1n) is 8.36. The van der Waals surface area contributed by atoms with E-state index in [1.807, 2.05) is 6.29 Å². The Kier molecular flexibility index (Phi) is 14.6. The molecule has 0 atom stereocenters.